The highest BCUT2D eigenvalue weighted by Gasteiger charge is 2.18. The average Bonchev–Trinajstić information content (AvgIpc) is 2.47. The summed E-state index contributed by atoms with van der Waals surface area (Å²) in [7, 11) is 0. The summed E-state index contributed by atoms with van der Waals surface area (Å²) in [6.07, 6.45) is 10.5. The van der Waals surface area contributed by atoms with E-state index < -0.39 is 0 Å². The molecule has 0 bridgehead atoms. The second kappa shape index (κ2) is 6.98. The number of aliphatic imine (C=N–C) groups is 1. The molecular formula is C19H22N2. The van der Waals surface area contributed by atoms with E-state index in [0.29, 0.717) is 5.84 Å². The van der Waals surface area contributed by atoms with Crippen LogP contribution in [0.25, 0.3) is 5.57 Å². The van der Waals surface area contributed by atoms with Crippen molar-refractivity contribution >= 4 is 17.6 Å². The van der Waals surface area contributed by atoms with E-state index in [1.807, 2.05) is 18.2 Å². The summed E-state index contributed by atoms with van der Waals surface area (Å²) < 4.78 is 0. The Kier molecular flexibility index (Phi) is 5.04. The van der Waals surface area contributed by atoms with Crippen molar-refractivity contribution in [3.8, 4) is 0 Å². The van der Waals surface area contributed by atoms with Gasteiger partial charge in [-0.05, 0) is 37.5 Å². The Hall–Kier alpha value is -2.22. The van der Waals surface area contributed by atoms with Crippen LogP contribution in [0, 0.1) is 18.3 Å². The molecule has 2 nitrogen and oxygen atoms in total. The Morgan fingerprint density at radius 1 is 1.14 bits per heavy atom. The summed E-state index contributed by atoms with van der Waals surface area (Å²) in [5, 5.41) is 8.19. The topological polar surface area (TPSA) is 36.2 Å². The summed E-state index contributed by atoms with van der Waals surface area (Å²) in [4.78, 5) is 4.21. The quantitative estimate of drug-likeness (QED) is 0.810. The highest BCUT2D eigenvalue weighted by Crippen LogP contribution is 2.28. The standard InChI is InChI=1S/C19H22N2/c1-4-17(15(3)16-11-9-14(2)10-12-16)18-8-6-5-7-13-21-19(18)20/h5-13,18,20H,4H2,1-3H3/b7-5-,8-6+,17-15+,20-19?,21-13?. The molecule has 108 valence electrons. The number of nitrogens with one attached hydrogen (secondary N) is 1. The first-order valence-electron chi connectivity index (χ1n) is 7.36. The summed E-state index contributed by atoms with van der Waals surface area (Å²) in [6.45, 7) is 6.38. The zero-order valence-electron chi connectivity index (χ0n) is 12.9. The molecule has 2 rings (SSSR count). The lowest BCUT2D eigenvalue weighted by Gasteiger charge is -2.19. The van der Waals surface area contributed by atoms with E-state index in [1.54, 1.807) is 6.21 Å². The van der Waals surface area contributed by atoms with Gasteiger partial charge in [0.1, 0.15) is 5.84 Å². The van der Waals surface area contributed by atoms with Gasteiger partial charge in [0.2, 0.25) is 0 Å². The molecule has 1 aromatic carbocycles. The molecule has 1 heterocycles. The third kappa shape index (κ3) is 3.66. The molecule has 21 heavy (non-hydrogen) atoms. The van der Waals surface area contributed by atoms with E-state index in [4.69, 9.17) is 5.41 Å². The van der Waals surface area contributed by atoms with Gasteiger partial charge in [0.25, 0.3) is 0 Å². The Bertz CT molecular complexity index is 628. The van der Waals surface area contributed by atoms with Crippen LogP contribution in [0.4, 0.5) is 0 Å². The number of amidine groups is 1. The van der Waals surface area contributed by atoms with Gasteiger partial charge >= 0.3 is 0 Å². The van der Waals surface area contributed by atoms with Crippen LogP contribution in [0.5, 0.6) is 0 Å². The van der Waals surface area contributed by atoms with Crippen LogP contribution in [0.2, 0.25) is 0 Å². The van der Waals surface area contributed by atoms with E-state index in [0.717, 1.165) is 6.42 Å². The fraction of sp³-hybridized carbons (Fsp3) is 0.263. The molecule has 1 atom stereocenters. The maximum atomic E-state index is 8.19. The monoisotopic (exact) mass is 278 g/mol. The van der Waals surface area contributed by atoms with Crippen molar-refractivity contribution < 1.29 is 0 Å². The van der Waals surface area contributed by atoms with Gasteiger partial charge in [-0.2, -0.15) is 0 Å². The molecule has 0 saturated carbocycles. The number of hydrogen-bond donors (Lipinski definition) is 1. The van der Waals surface area contributed by atoms with Gasteiger partial charge in [-0.25, -0.2) is 4.99 Å². The Labute approximate surface area is 127 Å². The molecule has 0 amide bonds. The minimum atomic E-state index is -0.0440. The first-order valence-corrected chi connectivity index (χ1v) is 7.36. The van der Waals surface area contributed by atoms with Crippen LogP contribution < -0.4 is 0 Å². The van der Waals surface area contributed by atoms with Crippen LogP contribution in [0.1, 0.15) is 31.4 Å². The maximum Gasteiger partial charge on any atom is 0.131 e. The summed E-state index contributed by atoms with van der Waals surface area (Å²) >= 11 is 0. The first-order chi connectivity index (χ1) is 10.1. The van der Waals surface area contributed by atoms with Gasteiger partial charge in [0.05, 0.1) is 5.92 Å². The summed E-state index contributed by atoms with van der Waals surface area (Å²) in [5.41, 5.74) is 4.99. The fourth-order valence-corrected chi connectivity index (χ4v) is 2.57. The van der Waals surface area contributed by atoms with Gasteiger partial charge in [-0.15, -0.1) is 0 Å². The third-order valence-electron chi connectivity index (χ3n) is 3.84. The maximum absolute atomic E-state index is 8.19. The normalized spacial score (nSPS) is 22.2. The van der Waals surface area contributed by atoms with Gasteiger partial charge in [0, 0.05) is 6.21 Å². The third-order valence-corrected chi connectivity index (χ3v) is 3.84. The van der Waals surface area contributed by atoms with Crippen molar-refractivity contribution in [2.75, 3.05) is 0 Å². The minimum absolute atomic E-state index is 0.0440. The van der Waals surface area contributed by atoms with Crippen molar-refractivity contribution in [3.05, 3.63) is 65.3 Å². The number of benzene rings is 1. The number of aryl methyl sites for hydroxylation is 1. The van der Waals surface area contributed by atoms with E-state index in [2.05, 4.69) is 56.1 Å². The molecular weight excluding hydrogens is 256 g/mol. The zero-order valence-corrected chi connectivity index (χ0v) is 12.9. The molecule has 1 N–H and O–H groups in total. The van der Waals surface area contributed by atoms with E-state index >= 15 is 0 Å². The Balaban J connectivity index is 2.45. The van der Waals surface area contributed by atoms with Crippen LogP contribution in [-0.2, 0) is 0 Å². The lowest BCUT2D eigenvalue weighted by atomic mass is 9.88. The lowest BCUT2D eigenvalue weighted by Crippen LogP contribution is -2.13. The summed E-state index contributed by atoms with van der Waals surface area (Å²) in [6, 6.07) is 8.57. The van der Waals surface area contributed by atoms with Crippen LogP contribution >= 0.6 is 0 Å². The van der Waals surface area contributed by atoms with Gasteiger partial charge < -0.3 is 0 Å². The summed E-state index contributed by atoms with van der Waals surface area (Å²) in [5.74, 6) is 0.358. The van der Waals surface area contributed by atoms with E-state index in [-0.39, 0.29) is 5.92 Å². The molecule has 1 aliphatic heterocycles. The molecule has 2 heteroatoms. The predicted molar refractivity (Wildman–Crippen MR) is 92.1 cm³/mol. The Morgan fingerprint density at radius 2 is 1.86 bits per heavy atom. The zero-order chi connectivity index (χ0) is 15.2. The highest BCUT2D eigenvalue weighted by molar-refractivity contribution is 5.96. The Morgan fingerprint density at radius 3 is 2.52 bits per heavy atom. The SMILES string of the molecule is CC/C(=C(/C)c1ccc(C)cc1)C1/C=C/C=C\C=NC1=N. The largest absolute Gasteiger partial charge is 0.286 e. The average molecular weight is 278 g/mol. The second-order valence-corrected chi connectivity index (χ2v) is 5.28. The lowest BCUT2D eigenvalue weighted by molar-refractivity contribution is 0.910. The van der Waals surface area contributed by atoms with Crippen LogP contribution in [0.3, 0.4) is 0 Å². The number of allylic oxidation sites excluding steroid dienone is 4. The van der Waals surface area contributed by atoms with Crippen molar-refractivity contribution in [3.63, 3.8) is 0 Å². The molecule has 0 radical (unpaired) electrons. The van der Waals surface area contributed by atoms with E-state index in [1.165, 1.54) is 22.3 Å². The minimum Gasteiger partial charge on any atom is -0.286 e. The fourth-order valence-electron chi connectivity index (χ4n) is 2.57. The predicted octanol–water partition coefficient (Wildman–Crippen LogP) is 4.97. The van der Waals surface area contributed by atoms with Crippen molar-refractivity contribution in [1.82, 2.24) is 0 Å². The van der Waals surface area contributed by atoms with Gasteiger partial charge in [-0.1, -0.05) is 60.6 Å². The van der Waals surface area contributed by atoms with Crippen molar-refractivity contribution in [2.24, 2.45) is 10.9 Å². The molecule has 0 saturated heterocycles. The molecule has 0 spiro atoms. The van der Waals surface area contributed by atoms with Gasteiger partial charge in [0.15, 0.2) is 0 Å². The first kappa shape index (κ1) is 15.2. The van der Waals surface area contributed by atoms with Crippen molar-refractivity contribution in [2.45, 2.75) is 27.2 Å². The number of hydrogen-bond acceptors (Lipinski definition) is 1. The van der Waals surface area contributed by atoms with Crippen LogP contribution in [-0.4, -0.2) is 12.1 Å². The molecule has 1 aliphatic rings. The van der Waals surface area contributed by atoms with Gasteiger partial charge in [-0.3, -0.25) is 5.41 Å². The molecule has 0 aliphatic carbocycles. The number of rotatable bonds is 3. The molecule has 0 aromatic heterocycles. The smallest absolute Gasteiger partial charge is 0.131 e. The van der Waals surface area contributed by atoms with Crippen molar-refractivity contribution in [1.29, 1.82) is 5.41 Å². The second-order valence-electron chi connectivity index (χ2n) is 5.28. The van der Waals surface area contributed by atoms with E-state index in [9.17, 15) is 0 Å². The molecule has 1 unspecified atom stereocenters. The highest BCUT2D eigenvalue weighted by atomic mass is 14.8. The molecule has 1 aromatic rings. The van der Waals surface area contributed by atoms with Crippen LogP contribution in [0.15, 0.2) is 59.1 Å². The number of nitrogens with zero attached hydrogens (tertiary/aromatic N) is 1. The molecule has 0 fully saturated rings.